The Kier molecular flexibility index (Phi) is 9.06. The van der Waals surface area contributed by atoms with E-state index in [2.05, 4.69) is 30.2 Å². The lowest BCUT2D eigenvalue weighted by Gasteiger charge is -2.19. The van der Waals surface area contributed by atoms with Crippen LogP contribution in [0.15, 0.2) is 79.5 Å². The molecular formula is C32H30ClF3N8O2. The van der Waals surface area contributed by atoms with Crippen LogP contribution in [-0.4, -0.2) is 48.6 Å². The number of fused-ring (bicyclic) bond motifs is 1. The molecular weight excluding hydrogens is 621 g/mol. The smallest absolute Gasteiger partial charge is 0.416 e. The Balaban J connectivity index is 1.20. The number of pyridine rings is 1. The molecule has 1 atom stereocenters. The molecule has 4 heterocycles. The number of alkyl halides is 3. The number of likely N-dealkylation sites (tertiary alicyclic amines) is 1. The topological polar surface area (TPSA) is 116 Å². The lowest BCUT2D eigenvalue weighted by Crippen LogP contribution is -2.23. The third kappa shape index (κ3) is 7.06. The van der Waals surface area contributed by atoms with E-state index in [0.717, 1.165) is 24.6 Å². The van der Waals surface area contributed by atoms with E-state index in [0.29, 0.717) is 36.5 Å². The van der Waals surface area contributed by atoms with Gasteiger partial charge in [0.2, 0.25) is 5.95 Å². The second kappa shape index (κ2) is 13.3. The van der Waals surface area contributed by atoms with Crippen LogP contribution in [-0.2, 0) is 31.1 Å². The lowest BCUT2D eigenvalue weighted by molar-refractivity contribution is -0.137. The van der Waals surface area contributed by atoms with Gasteiger partial charge in [-0.2, -0.15) is 18.2 Å². The van der Waals surface area contributed by atoms with Gasteiger partial charge >= 0.3 is 6.18 Å². The van der Waals surface area contributed by atoms with Crippen molar-refractivity contribution in [1.82, 2.24) is 29.4 Å². The summed E-state index contributed by atoms with van der Waals surface area (Å²) < 4.78 is 55.5. The predicted molar refractivity (Wildman–Crippen MR) is 168 cm³/mol. The lowest BCUT2D eigenvalue weighted by atomic mass is 10.1. The fraction of sp³-hybridized carbons (Fsp3) is 0.250. The van der Waals surface area contributed by atoms with Gasteiger partial charge in [-0.1, -0.05) is 41.9 Å². The molecule has 1 aliphatic rings. The van der Waals surface area contributed by atoms with Crippen molar-refractivity contribution < 1.29 is 22.6 Å². The average molecular weight is 651 g/mol. The Labute approximate surface area is 267 Å². The third-order valence-electron chi connectivity index (χ3n) is 7.53. The number of hydrogen-bond acceptors (Lipinski definition) is 9. The first-order chi connectivity index (χ1) is 22.2. The van der Waals surface area contributed by atoms with E-state index in [1.807, 2.05) is 30.3 Å². The Morgan fingerprint density at radius 1 is 1.11 bits per heavy atom. The molecule has 0 aliphatic carbocycles. The molecule has 0 amide bonds. The fourth-order valence-electron chi connectivity index (χ4n) is 5.28. The number of benzene rings is 2. The second-order valence-corrected chi connectivity index (χ2v) is 11.2. The minimum atomic E-state index is -4.54. The summed E-state index contributed by atoms with van der Waals surface area (Å²) >= 11 is 6.70. The first-order valence-corrected chi connectivity index (χ1v) is 14.8. The largest absolute Gasteiger partial charge is 0.450 e. The minimum Gasteiger partial charge on any atom is -0.450 e. The molecule has 238 valence electrons. The van der Waals surface area contributed by atoms with E-state index < -0.39 is 11.7 Å². The van der Waals surface area contributed by atoms with Gasteiger partial charge < -0.3 is 25.1 Å². The first-order valence-electron chi connectivity index (χ1n) is 14.4. The van der Waals surface area contributed by atoms with Crippen LogP contribution in [0.2, 0.25) is 5.02 Å². The minimum absolute atomic E-state index is 0.00626. The van der Waals surface area contributed by atoms with Crippen LogP contribution in [0.3, 0.4) is 0 Å². The van der Waals surface area contributed by atoms with E-state index in [9.17, 15) is 13.2 Å². The quantitative estimate of drug-likeness (QED) is 0.168. The Morgan fingerprint density at radius 3 is 2.67 bits per heavy atom. The summed E-state index contributed by atoms with van der Waals surface area (Å²) in [5.41, 5.74) is 7.86. The highest BCUT2D eigenvalue weighted by atomic mass is 35.5. The molecule has 0 unspecified atom stereocenters. The SMILES string of the molecule is Cn1c(Nc2cc(CN3CC[C@H](OCc4ccccc4)C3)cc(C(F)(F)F)c2)nc2ncc(OC(=CN)c3cnccn3)c(Cl)c21. The number of nitrogens with zero attached hydrogens (tertiary/aromatic N) is 6. The number of imidazole rings is 1. The van der Waals surface area contributed by atoms with E-state index >= 15 is 0 Å². The van der Waals surface area contributed by atoms with Crippen LogP contribution in [0.1, 0.15) is 28.8 Å². The van der Waals surface area contributed by atoms with Crippen LogP contribution in [0.25, 0.3) is 16.9 Å². The van der Waals surface area contributed by atoms with Crippen molar-refractivity contribution >= 4 is 40.2 Å². The molecule has 1 fully saturated rings. The van der Waals surface area contributed by atoms with E-state index in [4.69, 9.17) is 26.8 Å². The molecule has 5 aromatic rings. The van der Waals surface area contributed by atoms with E-state index in [-0.39, 0.29) is 39.9 Å². The van der Waals surface area contributed by atoms with Gasteiger partial charge in [0.05, 0.1) is 30.7 Å². The van der Waals surface area contributed by atoms with E-state index in [1.54, 1.807) is 17.7 Å². The number of ether oxygens (including phenoxy) is 2. The molecule has 6 rings (SSSR count). The van der Waals surface area contributed by atoms with Gasteiger partial charge in [0.1, 0.15) is 16.2 Å². The molecule has 10 nitrogen and oxygen atoms in total. The molecule has 0 bridgehead atoms. The van der Waals surface area contributed by atoms with Gasteiger partial charge in [0, 0.05) is 51.0 Å². The van der Waals surface area contributed by atoms with E-state index in [1.165, 1.54) is 37.1 Å². The number of rotatable bonds is 10. The number of aryl methyl sites for hydroxylation is 1. The number of nitrogens with one attached hydrogen (secondary N) is 1. The highest BCUT2D eigenvalue weighted by Gasteiger charge is 2.32. The Bertz CT molecular complexity index is 1850. The van der Waals surface area contributed by atoms with Crippen LogP contribution in [0.5, 0.6) is 5.75 Å². The first kappa shape index (κ1) is 31.3. The summed E-state index contributed by atoms with van der Waals surface area (Å²) in [6.45, 7) is 2.18. The molecule has 2 aromatic carbocycles. The number of nitrogens with two attached hydrogens (primary N) is 1. The van der Waals surface area contributed by atoms with Crippen LogP contribution in [0, 0.1) is 0 Å². The maximum Gasteiger partial charge on any atom is 0.416 e. The molecule has 3 N–H and O–H groups in total. The molecule has 0 radical (unpaired) electrons. The average Bonchev–Trinajstić information content (AvgIpc) is 3.63. The second-order valence-electron chi connectivity index (χ2n) is 10.8. The standard InChI is InChI=1S/C32H30ClF3N8O2/c1-43-29-28(33)27(46-26(14-37)25-15-38-8-9-39-25)16-40-30(29)42-31(43)41-23-12-21(11-22(13-23)32(34,35)36)17-44-10-7-24(18-44)45-19-20-5-3-2-4-6-20/h2-6,8-9,11-16,24H,7,10,17-19,37H2,1H3,(H,40,41,42)/t24-/m0/s1. The highest BCUT2D eigenvalue weighted by Crippen LogP contribution is 2.37. The highest BCUT2D eigenvalue weighted by molar-refractivity contribution is 6.36. The van der Waals surface area contributed by atoms with Crippen LogP contribution >= 0.6 is 11.6 Å². The predicted octanol–water partition coefficient (Wildman–Crippen LogP) is 6.30. The normalized spacial score (nSPS) is 15.8. The number of aromatic nitrogens is 5. The van der Waals surface area contributed by atoms with Gasteiger partial charge in [0.25, 0.3) is 0 Å². The van der Waals surface area contributed by atoms with Crippen molar-refractivity contribution in [2.24, 2.45) is 12.8 Å². The summed E-state index contributed by atoms with van der Waals surface area (Å²) in [6.07, 6.45) is 3.37. The monoisotopic (exact) mass is 650 g/mol. The number of halogens is 4. The number of hydrogen-bond donors (Lipinski definition) is 2. The van der Waals surface area contributed by atoms with Crippen molar-refractivity contribution in [2.45, 2.75) is 31.9 Å². The van der Waals surface area contributed by atoms with Gasteiger partial charge in [-0.25, -0.2) is 9.97 Å². The molecule has 1 saturated heterocycles. The van der Waals surface area contributed by atoms with Gasteiger partial charge in [0.15, 0.2) is 17.2 Å². The summed E-state index contributed by atoms with van der Waals surface area (Å²) in [5.74, 6) is 0.634. The van der Waals surface area contributed by atoms with Crippen LogP contribution in [0.4, 0.5) is 24.8 Å². The molecule has 0 saturated carbocycles. The molecule has 46 heavy (non-hydrogen) atoms. The van der Waals surface area contributed by atoms with Crippen molar-refractivity contribution in [3.05, 3.63) is 107 Å². The third-order valence-corrected chi connectivity index (χ3v) is 7.90. The summed E-state index contributed by atoms with van der Waals surface area (Å²) in [6, 6.07) is 13.8. The van der Waals surface area contributed by atoms with Crippen molar-refractivity contribution in [3.63, 3.8) is 0 Å². The molecule has 0 spiro atoms. The van der Waals surface area contributed by atoms with Gasteiger partial charge in [-0.3, -0.25) is 9.88 Å². The zero-order valence-corrected chi connectivity index (χ0v) is 25.5. The zero-order valence-electron chi connectivity index (χ0n) is 24.7. The van der Waals surface area contributed by atoms with Crippen molar-refractivity contribution in [1.29, 1.82) is 0 Å². The maximum atomic E-state index is 14.0. The fourth-order valence-corrected chi connectivity index (χ4v) is 5.58. The molecule has 1 aliphatic heterocycles. The Hall–Kier alpha value is -4.72. The summed E-state index contributed by atoms with van der Waals surface area (Å²) in [5, 5.41) is 3.21. The zero-order chi connectivity index (χ0) is 32.3. The van der Waals surface area contributed by atoms with Crippen molar-refractivity contribution in [3.8, 4) is 5.75 Å². The van der Waals surface area contributed by atoms with Crippen molar-refractivity contribution in [2.75, 3.05) is 18.4 Å². The molecule has 14 heteroatoms. The van der Waals surface area contributed by atoms with Gasteiger partial charge in [-0.15, -0.1) is 0 Å². The molecule has 3 aromatic heterocycles. The summed E-state index contributed by atoms with van der Waals surface area (Å²) in [4.78, 5) is 19.1. The van der Waals surface area contributed by atoms with Gasteiger partial charge in [-0.05, 0) is 35.7 Å². The number of anilines is 2. The maximum absolute atomic E-state index is 14.0. The summed E-state index contributed by atoms with van der Waals surface area (Å²) in [7, 11) is 1.67. The Morgan fingerprint density at radius 2 is 1.93 bits per heavy atom. The van der Waals surface area contributed by atoms with Crippen LogP contribution < -0.4 is 15.8 Å².